The predicted molar refractivity (Wildman–Crippen MR) is 155 cm³/mol. The third-order valence-corrected chi connectivity index (χ3v) is 7.57. The minimum Gasteiger partial charge on any atom is -0.493 e. The average molecular weight is 546 g/mol. The zero-order valence-electron chi connectivity index (χ0n) is 21.9. The molecule has 3 aromatic rings. The molecule has 0 bridgehead atoms. The van der Waals surface area contributed by atoms with Crippen LogP contribution in [-0.4, -0.2) is 61.4 Å². The van der Waals surface area contributed by atoms with Crippen LogP contribution in [0, 0.1) is 0 Å². The van der Waals surface area contributed by atoms with Crippen LogP contribution in [0.2, 0.25) is 0 Å². The van der Waals surface area contributed by atoms with E-state index in [2.05, 4.69) is 17.1 Å². The van der Waals surface area contributed by atoms with Crippen molar-refractivity contribution in [2.75, 3.05) is 49.7 Å². The fourth-order valence-electron chi connectivity index (χ4n) is 4.57. The molecule has 2 aliphatic heterocycles. The van der Waals surface area contributed by atoms with Crippen molar-refractivity contribution in [1.29, 1.82) is 0 Å². The third kappa shape index (κ3) is 6.26. The molecule has 2 fully saturated rings. The molecule has 2 saturated heterocycles. The molecule has 5 rings (SSSR count). The summed E-state index contributed by atoms with van der Waals surface area (Å²) in [5.41, 5.74) is 2.41. The molecule has 0 aliphatic carbocycles. The van der Waals surface area contributed by atoms with Crippen LogP contribution in [0.4, 0.5) is 16.2 Å². The van der Waals surface area contributed by atoms with E-state index < -0.39 is 17.1 Å². The second-order valence-corrected chi connectivity index (χ2v) is 10.4. The second-order valence-electron chi connectivity index (χ2n) is 9.36. The van der Waals surface area contributed by atoms with Crippen LogP contribution in [-0.2, 0) is 14.3 Å². The molecule has 0 spiro atoms. The number of nitrogens with zero attached hydrogens (tertiary/aromatic N) is 2. The van der Waals surface area contributed by atoms with E-state index in [9.17, 15) is 14.4 Å². The molecule has 2 heterocycles. The number of benzene rings is 3. The Kier molecular flexibility index (Phi) is 8.48. The fourth-order valence-corrected chi connectivity index (χ4v) is 5.39. The Morgan fingerprint density at radius 1 is 1.05 bits per heavy atom. The highest BCUT2D eigenvalue weighted by Gasteiger charge is 2.36. The molecule has 3 amide bonds. The Bertz CT molecular complexity index is 1400. The quantitative estimate of drug-likeness (QED) is 0.279. The van der Waals surface area contributed by atoms with Crippen LogP contribution in [0.5, 0.6) is 5.75 Å². The van der Waals surface area contributed by atoms with E-state index in [-0.39, 0.29) is 11.4 Å². The van der Waals surface area contributed by atoms with Crippen LogP contribution in [0.15, 0.2) is 65.6 Å². The lowest BCUT2D eigenvalue weighted by Crippen LogP contribution is -2.36. The van der Waals surface area contributed by atoms with Crippen LogP contribution in [0.3, 0.4) is 0 Å². The smallest absolute Gasteiger partial charge is 0.294 e. The average Bonchev–Trinajstić information content (AvgIpc) is 3.22. The number of amides is 3. The molecule has 3 aromatic carbocycles. The SMILES string of the molecule is CCCCOc1ccc2ccccc2c1/C=C1\SC(=O)N(CC(=O)Nc2ccc(N3CCOCC3)cc2)C1=O. The van der Waals surface area contributed by atoms with E-state index in [4.69, 9.17) is 9.47 Å². The summed E-state index contributed by atoms with van der Waals surface area (Å²) in [6.07, 6.45) is 3.62. The molecule has 8 nitrogen and oxygen atoms in total. The zero-order valence-corrected chi connectivity index (χ0v) is 22.7. The van der Waals surface area contributed by atoms with Gasteiger partial charge in [0.1, 0.15) is 12.3 Å². The summed E-state index contributed by atoms with van der Waals surface area (Å²) in [4.78, 5) is 42.2. The maximum atomic E-state index is 13.2. The normalized spacial score (nSPS) is 16.8. The molecule has 9 heteroatoms. The van der Waals surface area contributed by atoms with Crippen molar-refractivity contribution in [1.82, 2.24) is 4.90 Å². The Balaban J connectivity index is 1.29. The standard InChI is InChI=1S/C30H31N3O5S/c1-2-3-16-38-26-13-8-21-6-4-5-7-24(21)25(26)19-27-29(35)33(30(36)39-27)20-28(34)31-22-9-11-23(12-10-22)32-14-17-37-18-15-32/h4-13,19H,2-3,14-18,20H2,1H3,(H,31,34)/b27-19-. The Labute approximate surface area is 231 Å². The lowest BCUT2D eigenvalue weighted by molar-refractivity contribution is -0.127. The molecular weight excluding hydrogens is 514 g/mol. The van der Waals surface area contributed by atoms with Crippen molar-refractivity contribution in [2.24, 2.45) is 0 Å². The first-order valence-corrected chi connectivity index (χ1v) is 14.0. The zero-order chi connectivity index (χ0) is 27.2. The van der Waals surface area contributed by atoms with Crippen LogP contribution >= 0.6 is 11.8 Å². The highest BCUT2D eigenvalue weighted by molar-refractivity contribution is 8.18. The summed E-state index contributed by atoms with van der Waals surface area (Å²) < 4.78 is 11.4. The van der Waals surface area contributed by atoms with Crippen LogP contribution in [0.1, 0.15) is 25.3 Å². The molecule has 0 aromatic heterocycles. The maximum absolute atomic E-state index is 13.2. The highest BCUT2D eigenvalue weighted by Crippen LogP contribution is 2.37. The molecule has 0 saturated carbocycles. The Morgan fingerprint density at radius 3 is 2.59 bits per heavy atom. The number of imide groups is 1. The molecule has 0 atom stereocenters. The van der Waals surface area contributed by atoms with Crippen molar-refractivity contribution >= 4 is 57.0 Å². The van der Waals surface area contributed by atoms with Gasteiger partial charge >= 0.3 is 0 Å². The Morgan fingerprint density at radius 2 is 1.82 bits per heavy atom. The van der Waals surface area contributed by atoms with Gasteiger partial charge in [0.05, 0.1) is 24.7 Å². The fraction of sp³-hybridized carbons (Fsp3) is 0.300. The lowest BCUT2D eigenvalue weighted by atomic mass is 10.0. The number of unbranched alkanes of at least 4 members (excludes halogenated alkanes) is 1. The number of carbonyl (C=O) groups excluding carboxylic acids is 3. The van der Waals surface area contributed by atoms with E-state index in [0.717, 1.165) is 64.6 Å². The van der Waals surface area contributed by atoms with E-state index in [1.165, 1.54) is 0 Å². The largest absolute Gasteiger partial charge is 0.493 e. The first-order valence-electron chi connectivity index (χ1n) is 13.2. The molecule has 0 radical (unpaired) electrons. The van der Waals surface area contributed by atoms with Gasteiger partial charge in [-0.2, -0.15) is 0 Å². The van der Waals surface area contributed by atoms with Gasteiger partial charge in [0.25, 0.3) is 11.1 Å². The summed E-state index contributed by atoms with van der Waals surface area (Å²) in [7, 11) is 0. The number of nitrogens with one attached hydrogen (secondary N) is 1. The van der Waals surface area contributed by atoms with E-state index in [1.54, 1.807) is 6.08 Å². The van der Waals surface area contributed by atoms with Crippen LogP contribution < -0.4 is 15.0 Å². The predicted octanol–water partition coefficient (Wildman–Crippen LogP) is 5.53. The van der Waals surface area contributed by atoms with Crippen molar-refractivity contribution in [3.63, 3.8) is 0 Å². The van der Waals surface area contributed by atoms with Crippen molar-refractivity contribution in [3.05, 3.63) is 71.1 Å². The van der Waals surface area contributed by atoms with Gasteiger partial charge in [-0.15, -0.1) is 0 Å². The van der Waals surface area contributed by atoms with Crippen molar-refractivity contribution < 1.29 is 23.9 Å². The van der Waals surface area contributed by atoms with Crippen molar-refractivity contribution in [3.8, 4) is 5.75 Å². The van der Waals surface area contributed by atoms with Crippen molar-refractivity contribution in [2.45, 2.75) is 19.8 Å². The van der Waals surface area contributed by atoms with Gasteiger partial charge in [-0.25, -0.2) is 0 Å². The number of hydrogen-bond donors (Lipinski definition) is 1. The molecule has 1 N–H and O–H groups in total. The highest BCUT2D eigenvalue weighted by atomic mass is 32.2. The number of morpholine rings is 1. The summed E-state index contributed by atoms with van der Waals surface area (Å²) in [6, 6.07) is 19.2. The number of anilines is 2. The number of carbonyl (C=O) groups is 3. The van der Waals surface area contributed by atoms with Gasteiger partial charge < -0.3 is 19.7 Å². The molecule has 202 valence electrons. The van der Waals surface area contributed by atoms with Gasteiger partial charge in [-0.3, -0.25) is 19.3 Å². The van der Waals surface area contributed by atoms with Gasteiger partial charge in [-0.05, 0) is 65.4 Å². The van der Waals surface area contributed by atoms with E-state index >= 15 is 0 Å². The van der Waals surface area contributed by atoms with Gasteiger partial charge in [-0.1, -0.05) is 43.7 Å². The first-order chi connectivity index (χ1) is 19.0. The van der Waals surface area contributed by atoms with Gasteiger partial charge in [0.2, 0.25) is 5.91 Å². The Hall–Kier alpha value is -3.82. The molecular formula is C30H31N3O5S. The van der Waals surface area contributed by atoms with Gasteiger partial charge in [0, 0.05) is 30.0 Å². The minimum absolute atomic E-state index is 0.263. The number of thioether (sulfide) groups is 1. The van der Waals surface area contributed by atoms with Crippen LogP contribution in [0.25, 0.3) is 16.8 Å². The van der Waals surface area contributed by atoms with Gasteiger partial charge in [0.15, 0.2) is 0 Å². The molecule has 2 aliphatic rings. The first kappa shape index (κ1) is 26.8. The number of hydrogen-bond acceptors (Lipinski definition) is 7. The summed E-state index contributed by atoms with van der Waals surface area (Å²) >= 11 is 0.836. The number of rotatable bonds is 9. The third-order valence-electron chi connectivity index (χ3n) is 6.66. The molecule has 0 unspecified atom stereocenters. The lowest BCUT2D eigenvalue weighted by Gasteiger charge is -2.28. The van der Waals surface area contributed by atoms with E-state index in [1.807, 2.05) is 60.7 Å². The minimum atomic E-state index is -0.491. The number of ether oxygens (including phenoxy) is 2. The summed E-state index contributed by atoms with van der Waals surface area (Å²) in [5.74, 6) is -0.270. The summed E-state index contributed by atoms with van der Waals surface area (Å²) in [5, 5.41) is 4.25. The monoisotopic (exact) mass is 545 g/mol. The second kappa shape index (κ2) is 12.4. The van der Waals surface area contributed by atoms with E-state index in [0.29, 0.717) is 31.3 Å². The number of fused-ring (bicyclic) bond motifs is 1. The topological polar surface area (TPSA) is 88.2 Å². The maximum Gasteiger partial charge on any atom is 0.294 e. The summed E-state index contributed by atoms with van der Waals surface area (Å²) in [6.45, 7) is 5.33. The molecule has 39 heavy (non-hydrogen) atoms.